The number of amides is 1. The molecule has 0 spiro atoms. The Labute approximate surface area is 178 Å². The topological polar surface area (TPSA) is 124 Å². The molecule has 0 fully saturated rings. The van der Waals surface area contributed by atoms with Crippen LogP contribution in [0.4, 0.5) is 0 Å². The molecule has 1 aromatic carbocycles. The van der Waals surface area contributed by atoms with E-state index in [2.05, 4.69) is 28.1 Å². The Kier molecular flexibility index (Phi) is 12.2. The van der Waals surface area contributed by atoms with Gasteiger partial charge < -0.3 is 16.2 Å². The number of carbonyl (C=O) groups is 2. The minimum atomic E-state index is -0.440. The van der Waals surface area contributed by atoms with Crippen LogP contribution in [0.5, 0.6) is 0 Å². The van der Waals surface area contributed by atoms with Crippen molar-refractivity contribution in [1.82, 2.24) is 10.2 Å². The number of H-pyrrole nitrogens is 1. The molecule has 0 radical (unpaired) electrons. The Bertz CT molecular complexity index is 851. The number of nitrogens with one attached hydrogen (secondary N) is 1. The van der Waals surface area contributed by atoms with Crippen LogP contribution in [0.2, 0.25) is 0 Å². The first kappa shape index (κ1) is 26.6. The van der Waals surface area contributed by atoms with Gasteiger partial charge in [0.15, 0.2) is 0 Å². The van der Waals surface area contributed by atoms with Crippen molar-refractivity contribution < 1.29 is 14.3 Å². The van der Waals surface area contributed by atoms with Gasteiger partial charge in [0.25, 0.3) is 6.47 Å². The van der Waals surface area contributed by atoms with E-state index in [1.165, 1.54) is 0 Å². The van der Waals surface area contributed by atoms with Gasteiger partial charge in [-0.05, 0) is 37.0 Å². The maximum atomic E-state index is 11.1. The van der Waals surface area contributed by atoms with Gasteiger partial charge in [0, 0.05) is 28.8 Å². The van der Waals surface area contributed by atoms with Gasteiger partial charge >= 0.3 is 0 Å². The average molecular weight is 415 g/mol. The smallest absolute Gasteiger partial charge is 0.293 e. The molecule has 164 valence electrons. The number of fused-ring (bicyclic) bond motifs is 1. The summed E-state index contributed by atoms with van der Waals surface area (Å²) in [6.07, 6.45) is 7.09. The van der Waals surface area contributed by atoms with E-state index in [1.54, 1.807) is 18.2 Å². The van der Waals surface area contributed by atoms with Crippen LogP contribution in [-0.2, 0) is 16.0 Å². The molecule has 5 N–H and O–H groups in total. The summed E-state index contributed by atoms with van der Waals surface area (Å²) in [4.78, 5) is 20.7. The molecule has 0 saturated heterocycles. The second kappa shape index (κ2) is 13.8. The minimum Gasteiger partial charge on any atom is -0.467 e. The number of rotatable bonds is 7. The van der Waals surface area contributed by atoms with Crippen molar-refractivity contribution in [2.24, 2.45) is 16.9 Å². The van der Waals surface area contributed by atoms with E-state index in [0.29, 0.717) is 25.1 Å². The first-order chi connectivity index (χ1) is 14.1. The summed E-state index contributed by atoms with van der Waals surface area (Å²) >= 11 is 0. The molecule has 0 bridgehead atoms. The fourth-order valence-electron chi connectivity index (χ4n) is 2.04. The summed E-state index contributed by atoms with van der Waals surface area (Å²) in [6.45, 7) is 15.8. The van der Waals surface area contributed by atoms with Crippen molar-refractivity contribution in [3.05, 3.63) is 66.5 Å². The predicted molar refractivity (Wildman–Crippen MR) is 123 cm³/mol. The van der Waals surface area contributed by atoms with Crippen molar-refractivity contribution in [2.45, 2.75) is 40.5 Å². The quantitative estimate of drug-likeness (QED) is 0.466. The number of aromatic nitrogens is 2. The van der Waals surface area contributed by atoms with Crippen LogP contribution in [0.15, 0.2) is 55.3 Å². The van der Waals surface area contributed by atoms with Gasteiger partial charge in [-0.3, -0.25) is 14.7 Å². The predicted octanol–water partition coefficient (Wildman–Crippen LogP) is 4.02. The number of primary amides is 1. The van der Waals surface area contributed by atoms with Gasteiger partial charge in [-0.25, -0.2) is 0 Å². The summed E-state index contributed by atoms with van der Waals surface area (Å²) in [6, 6.07) is 5.18. The lowest BCUT2D eigenvalue weighted by atomic mass is 9.99. The normalized spacial score (nSPS) is 10.7. The van der Waals surface area contributed by atoms with Gasteiger partial charge in [0.05, 0.1) is 12.1 Å². The molecule has 7 nitrogen and oxygen atoms in total. The Morgan fingerprint density at radius 1 is 1.23 bits per heavy atom. The molecule has 7 heteroatoms. The van der Waals surface area contributed by atoms with Gasteiger partial charge in [-0.1, -0.05) is 39.0 Å². The zero-order valence-corrected chi connectivity index (χ0v) is 18.4. The summed E-state index contributed by atoms with van der Waals surface area (Å²) in [5.74, 6) is -0.440. The zero-order valence-electron chi connectivity index (χ0n) is 18.4. The Hall–Kier alpha value is -3.35. The second-order valence-electron chi connectivity index (χ2n) is 7.73. The van der Waals surface area contributed by atoms with E-state index in [0.717, 1.165) is 28.7 Å². The summed E-state index contributed by atoms with van der Waals surface area (Å²) in [5, 5.41) is 7.98. The highest BCUT2D eigenvalue weighted by atomic mass is 16.5. The minimum absolute atomic E-state index is 0.0981. The van der Waals surface area contributed by atoms with E-state index in [-0.39, 0.29) is 5.41 Å². The van der Waals surface area contributed by atoms with Gasteiger partial charge in [-0.2, -0.15) is 5.10 Å². The molecule has 2 aromatic rings. The van der Waals surface area contributed by atoms with E-state index in [4.69, 9.17) is 11.5 Å². The largest absolute Gasteiger partial charge is 0.467 e. The number of carbonyl (C=O) groups excluding carboxylic acids is 2. The van der Waals surface area contributed by atoms with Gasteiger partial charge in [0.1, 0.15) is 0 Å². The molecule has 2 rings (SSSR count). The molecule has 0 atom stereocenters. The molecule has 0 aliphatic rings. The highest BCUT2D eigenvalue weighted by Gasteiger charge is 2.09. The number of benzene rings is 1. The van der Waals surface area contributed by atoms with Gasteiger partial charge in [-0.15, -0.1) is 13.2 Å². The lowest BCUT2D eigenvalue weighted by molar-refractivity contribution is -0.131. The van der Waals surface area contributed by atoms with E-state index < -0.39 is 5.91 Å². The first-order valence-electron chi connectivity index (χ1n) is 9.51. The standard InChI is InChI=1S/C12H14N4O.C6H12O2.C5H8/c1-7(13)2-4-10-9-6-8(12(14)17)3-5-11(9)16-15-10;1-6(2,3)4-8-5-7;1-3-5-4-2/h2-3,5-6H,4,13H2,1H3,(H2,14,17)(H,15,16);5H,4H2,1-3H3;3-4H,1-2,5H2/b7-2+;;. The Morgan fingerprint density at radius 3 is 2.27 bits per heavy atom. The van der Waals surface area contributed by atoms with E-state index >= 15 is 0 Å². The van der Waals surface area contributed by atoms with E-state index in [9.17, 15) is 9.59 Å². The number of allylic oxidation sites excluding steroid dienone is 4. The molecular formula is C23H34N4O3. The molecule has 0 aliphatic heterocycles. The van der Waals surface area contributed by atoms with E-state index in [1.807, 2.05) is 45.9 Å². The van der Waals surface area contributed by atoms with Crippen molar-refractivity contribution in [3.8, 4) is 0 Å². The first-order valence-corrected chi connectivity index (χ1v) is 9.51. The Morgan fingerprint density at radius 2 is 1.87 bits per heavy atom. The molecule has 0 unspecified atom stereocenters. The Balaban J connectivity index is 0.000000540. The molecule has 1 amide bonds. The highest BCUT2D eigenvalue weighted by molar-refractivity contribution is 5.97. The second-order valence-corrected chi connectivity index (χ2v) is 7.73. The van der Waals surface area contributed by atoms with Crippen molar-refractivity contribution in [1.29, 1.82) is 0 Å². The highest BCUT2D eigenvalue weighted by Crippen LogP contribution is 2.18. The molecule has 0 saturated carbocycles. The van der Waals surface area contributed by atoms with Crippen LogP contribution in [-0.4, -0.2) is 29.2 Å². The summed E-state index contributed by atoms with van der Waals surface area (Å²) in [5.41, 5.74) is 13.9. The van der Waals surface area contributed by atoms with Crippen molar-refractivity contribution in [2.75, 3.05) is 6.61 Å². The fourth-order valence-corrected chi connectivity index (χ4v) is 2.04. The van der Waals surface area contributed by atoms with Crippen molar-refractivity contribution >= 4 is 23.3 Å². The molecule has 30 heavy (non-hydrogen) atoms. The van der Waals surface area contributed by atoms with Gasteiger partial charge in [0.2, 0.25) is 5.91 Å². The van der Waals surface area contributed by atoms with Crippen LogP contribution >= 0.6 is 0 Å². The van der Waals surface area contributed by atoms with Crippen LogP contribution in [0.25, 0.3) is 10.9 Å². The summed E-state index contributed by atoms with van der Waals surface area (Å²) < 4.78 is 4.52. The van der Waals surface area contributed by atoms with Crippen LogP contribution in [0, 0.1) is 5.41 Å². The third-order valence-corrected chi connectivity index (χ3v) is 3.46. The zero-order chi connectivity index (χ0) is 23.2. The maximum Gasteiger partial charge on any atom is 0.293 e. The SMILES string of the molecule is C/C(N)=C\Cc1[nH]nc2ccc(C(N)=O)cc12.C=CCC=C.CC(C)(C)COC=O. The average Bonchev–Trinajstić information content (AvgIpc) is 3.08. The number of nitrogens with two attached hydrogens (primary N) is 2. The van der Waals surface area contributed by atoms with Crippen LogP contribution in [0.3, 0.4) is 0 Å². The number of hydrogen-bond acceptors (Lipinski definition) is 5. The van der Waals surface area contributed by atoms with Crippen LogP contribution < -0.4 is 11.5 Å². The fraction of sp³-hybridized carbons (Fsp3) is 0.348. The third kappa shape index (κ3) is 11.5. The molecule has 1 aromatic heterocycles. The number of nitrogens with zero attached hydrogens (tertiary/aromatic N) is 1. The molecular weight excluding hydrogens is 380 g/mol. The number of ether oxygens (including phenoxy) is 1. The molecule has 1 heterocycles. The lowest BCUT2D eigenvalue weighted by Gasteiger charge is -2.14. The third-order valence-electron chi connectivity index (χ3n) is 3.46. The molecule has 0 aliphatic carbocycles. The summed E-state index contributed by atoms with van der Waals surface area (Å²) in [7, 11) is 0. The number of aromatic amines is 1. The van der Waals surface area contributed by atoms with Crippen molar-refractivity contribution in [3.63, 3.8) is 0 Å². The van der Waals surface area contributed by atoms with Crippen LogP contribution in [0.1, 0.15) is 50.2 Å². The maximum absolute atomic E-state index is 11.1. The lowest BCUT2D eigenvalue weighted by Crippen LogP contribution is -2.13. The number of hydrogen-bond donors (Lipinski definition) is 3. The monoisotopic (exact) mass is 414 g/mol.